The molecule has 0 saturated heterocycles. The van der Waals surface area contributed by atoms with E-state index < -0.39 is 0 Å². The van der Waals surface area contributed by atoms with Gasteiger partial charge in [0.25, 0.3) is 5.22 Å². The largest absolute Gasteiger partial charge is 0.437 e. The Bertz CT molecular complexity index is 630. The first-order chi connectivity index (χ1) is 10.4. The van der Waals surface area contributed by atoms with Gasteiger partial charge in [-0.25, -0.2) is 9.67 Å². The molecule has 1 amide bonds. The first kappa shape index (κ1) is 16.6. The molecular formula is C15H22N4O2S. The minimum Gasteiger partial charge on any atom is -0.437 e. The maximum absolute atomic E-state index is 12.3. The van der Waals surface area contributed by atoms with Gasteiger partial charge in [0.05, 0.1) is 23.2 Å². The van der Waals surface area contributed by atoms with Crippen LogP contribution in [0.2, 0.25) is 0 Å². The molecule has 0 aromatic carbocycles. The van der Waals surface area contributed by atoms with Crippen molar-refractivity contribution >= 4 is 23.5 Å². The molecule has 2 heterocycles. The average Bonchev–Trinajstić information content (AvgIpc) is 3.05. The van der Waals surface area contributed by atoms with Crippen molar-refractivity contribution in [3.63, 3.8) is 0 Å². The Morgan fingerprint density at radius 3 is 2.77 bits per heavy atom. The summed E-state index contributed by atoms with van der Waals surface area (Å²) in [6, 6.07) is 2.05. The van der Waals surface area contributed by atoms with E-state index in [1.807, 2.05) is 25.5 Å². The Hall–Kier alpha value is -1.76. The standard InChI is InChI=1S/C15H22N4O2S/c1-6-9(2)19-13(7-8-16-19)18-14(20)12(5)22-15-17-10(3)11(4)21-15/h7-9,12H,6H2,1-5H3,(H,18,20)/t9-,12+/m0/s1. The maximum atomic E-state index is 12.3. The monoisotopic (exact) mass is 322 g/mol. The number of thioether (sulfide) groups is 1. The zero-order chi connectivity index (χ0) is 16.3. The molecule has 1 N–H and O–H groups in total. The summed E-state index contributed by atoms with van der Waals surface area (Å²) in [5.74, 6) is 1.40. The Labute approximate surface area is 134 Å². The van der Waals surface area contributed by atoms with Crippen molar-refractivity contribution in [3.8, 4) is 0 Å². The highest BCUT2D eigenvalue weighted by atomic mass is 32.2. The fraction of sp³-hybridized carbons (Fsp3) is 0.533. The molecule has 6 nitrogen and oxygen atoms in total. The van der Waals surface area contributed by atoms with Crippen molar-refractivity contribution < 1.29 is 9.21 Å². The second-order valence-corrected chi connectivity index (χ2v) is 6.58. The summed E-state index contributed by atoms with van der Waals surface area (Å²) in [5.41, 5.74) is 0.852. The van der Waals surface area contributed by atoms with Crippen molar-refractivity contribution in [2.75, 3.05) is 5.32 Å². The molecule has 0 aliphatic heterocycles. The summed E-state index contributed by atoms with van der Waals surface area (Å²) >= 11 is 1.31. The Morgan fingerprint density at radius 2 is 2.18 bits per heavy atom. The zero-order valence-corrected chi connectivity index (χ0v) is 14.4. The van der Waals surface area contributed by atoms with Gasteiger partial charge in [-0.3, -0.25) is 4.79 Å². The third-order valence-electron chi connectivity index (χ3n) is 3.59. The van der Waals surface area contributed by atoms with Crippen LogP contribution in [-0.4, -0.2) is 25.9 Å². The van der Waals surface area contributed by atoms with E-state index in [1.54, 1.807) is 12.3 Å². The number of aromatic nitrogens is 3. The predicted molar refractivity (Wildman–Crippen MR) is 87.2 cm³/mol. The van der Waals surface area contributed by atoms with E-state index in [0.29, 0.717) is 11.0 Å². The van der Waals surface area contributed by atoms with Crippen LogP contribution in [0.4, 0.5) is 5.82 Å². The number of hydrogen-bond donors (Lipinski definition) is 1. The number of anilines is 1. The zero-order valence-electron chi connectivity index (χ0n) is 13.6. The Balaban J connectivity index is 2.01. The minimum atomic E-state index is -0.308. The molecule has 0 spiro atoms. The predicted octanol–water partition coefficient (Wildman–Crippen LogP) is 3.58. The summed E-state index contributed by atoms with van der Waals surface area (Å²) in [5, 5.41) is 7.39. The van der Waals surface area contributed by atoms with Gasteiger partial charge in [-0.05, 0) is 34.1 Å². The summed E-state index contributed by atoms with van der Waals surface area (Å²) in [6.07, 6.45) is 2.64. The van der Waals surface area contributed by atoms with Crippen LogP contribution < -0.4 is 5.32 Å². The molecule has 0 aliphatic carbocycles. The Morgan fingerprint density at radius 1 is 1.45 bits per heavy atom. The van der Waals surface area contributed by atoms with E-state index in [1.165, 1.54) is 11.8 Å². The quantitative estimate of drug-likeness (QED) is 0.823. The van der Waals surface area contributed by atoms with Gasteiger partial charge in [-0.1, -0.05) is 18.7 Å². The molecule has 0 radical (unpaired) electrons. The van der Waals surface area contributed by atoms with Gasteiger partial charge in [0.15, 0.2) is 0 Å². The molecule has 22 heavy (non-hydrogen) atoms. The van der Waals surface area contributed by atoms with Crippen LogP contribution in [-0.2, 0) is 4.79 Å². The normalized spacial score (nSPS) is 13.9. The van der Waals surface area contributed by atoms with E-state index in [4.69, 9.17) is 4.42 Å². The molecule has 120 valence electrons. The van der Waals surface area contributed by atoms with Gasteiger partial charge >= 0.3 is 0 Å². The van der Waals surface area contributed by atoms with Gasteiger partial charge in [-0.2, -0.15) is 5.10 Å². The second kappa shape index (κ2) is 7.00. The van der Waals surface area contributed by atoms with Gasteiger partial charge in [0.2, 0.25) is 5.91 Å². The van der Waals surface area contributed by atoms with Gasteiger partial charge in [-0.15, -0.1) is 0 Å². The number of rotatable bonds is 6. The SMILES string of the molecule is CC[C@H](C)n1nccc1NC(=O)[C@@H](C)Sc1nc(C)c(C)o1. The van der Waals surface area contributed by atoms with E-state index in [-0.39, 0.29) is 17.2 Å². The highest BCUT2D eigenvalue weighted by molar-refractivity contribution is 8.00. The van der Waals surface area contributed by atoms with Crippen LogP contribution in [0.15, 0.2) is 21.9 Å². The smallest absolute Gasteiger partial charge is 0.256 e. The number of aryl methyl sites for hydroxylation is 2. The number of carbonyl (C=O) groups excluding carboxylic acids is 1. The third kappa shape index (κ3) is 3.71. The lowest BCUT2D eigenvalue weighted by Gasteiger charge is -2.15. The van der Waals surface area contributed by atoms with Crippen LogP contribution in [0.1, 0.15) is 44.7 Å². The van der Waals surface area contributed by atoms with Crippen LogP contribution in [0.5, 0.6) is 0 Å². The average molecular weight is 322 g/mol. The molecule has 7 heteroatoms. The van der Waals surface area contributed by atoms with Crippen molar-refractivity contribution in [3.05, 3.63) is 23.7 Å². The summed E-state index contributed by atoms with van der Waals surface area (Å²) in [6.45, 7) is 9.74. The van der Waals surface area contributed by atoms with Crippen LogP contribution in [0.25, 0.3) is 0 Å². The molecule has 0 fully saturated rings. The number of hydrogen-bond acceptors (Lipinski definition) is 5. The fourth-order valence-corrected chi connectivity index (χ4v) is 2.69. The molecule has 2 aromatic rings. The van der Waals surface area contributed by atoms with Gasteiger partial charge < -0.3 is 9.73 Å². The van der Waals surface area contributed by atoms with E-state index in [9.17, 15) is 4.79 Å². The molecular weight excluding hydrogens is 300 g/mol. The van der Waals surface area contributed by atoms with Gasteiger partial charge in [0.1, 0.15) is 11.6 Å². The topological polar surface area (TPSA) is 73.0 Å². The molecule has 2 atom stereocenters. The minimum absolute atomic E-state index is 0.0939. The first-order valence-electron chi connectivity index (χ1n) is 7.37. The molecule has 0 unspecified atom stereocenters. The maximum Gasteiger partial charge on any atom is 0.256 e. The third-order valence-corrected chi connectivity index (χ3v) is 4.53. The van der Waals surface area contributed by atoms with Crippen LogP contribution in [0.3, 0.4) is 0 Å². The van der Waals surface area contributed by atoms with E-state index in [0.717, 1.165) is 17.9 Å². The summed E-state index contributed by atoms with van der Waals surface area (Å²) < 4.78 is 7.33. The second-order valence-electron chi connectivity index (χ2n) is 5.29. The highest BCUT2D eigenvalue weighted by Gasteiger charge is 2.20. The van der Waals surface area contributed by atoms with Crippen molar-refractivity contribution in [2.24, 2.45) is 0 Å². The summed E-state index contributed by atoms with van der Waals surface area (Å²) in [4.78, 5) is 16.6. The van der Waals surface area contributed by atoms with Crippen molar-refractivity contribution in [1.82, 2.24) is 14.8 Å². The van der Waals surface area contributed by atoms with Crippen molar-refractivity contribution in [2.45, 2.75) is 57.6 Å². The number of amides is 1. The van der Waals surface area contributed by atoms with E-state index in [2.05, 4.69) is 29.2 Å². The Kier molecular flexibility index (Phi) is 5.28. The molecule has 0 bridgehead atoms. The lowest BCUT2D eigenvalue weighted by Crippen LogP contribution is -2.24. The first-order valence-corrected chi connectivity index (χ1v) is 8.25. The summed E-state index contributed by atoms with van der Waals surface area (Å²) in [7, 11) is 0. The lowest BCUT2D eigenvalue weighted by molar-refractivity contribution is -0.115. The highest BCUT2D eigenvalue weighted by Crippen LogP contribution is 2.25. The number of nitrogens with zero attached hydrogens (tertiary/aromatic N) is 3. The molecule has 0 aliphatic rings. The number of nitrogens with one attached hydrogen (secondary N) is 1. The van der Waals surface area contributed by atoms with Crippen LogP contribution in [0, 0.1) is 13.8 Å². The molecule has 2 aromatic heterocycles. The fourth-order valence-electron chi connectivity index (χ4n) is 1.86. The number of carbonyl (C=O) groups is 1. The van der Waals surface area contributed by atoms with E-state index >= 15 is 0 Å². The lowest BCUT2D eigenvalue weighted by atomic mass is 10.3. The van der Waals surface area contributed by atoms with Crippen LogP contribution >= 0.6 is 11.8 Å². The number of oxazole rings is 1. The molecule has 2 rings (SSSR count). The molecule has 0 saturated carbocycles. The van der Waals surface area contributed by atoms with Crippen molar-refractivity contribution in [1.29, 1.82) is 0 Å². The van der Waals surface area contributed by atoms with Gasteiger partial charge in [0, 0.05) is 6.07 Å².